The molecule has 3 N–H and O–H groups in total. The molecule has 2 rings (SSSR count). The van der Waals surface area contributed by atoms with Crippen molar-refractivity contribution in [3.8, 4) is 0 Å². The van der Waals surface area contributed by atoms with Crippen LogP contribution in [0.15, 0.2) is 33.3 Å². The number of nitrogen functional groups attached to an aromatic ring is 1. The molecule has 1 aromatic carbocycles. The summed E-state index contributed by atoms with van der Waals surface area (Å²) in [5.74, 6) is 1.06. The molecule has 0 fully saturated rings. The van der Waals surface area contributed by atoms with Gasteiger partial charge in [-0.25, -0.2) is 4.98 Å². The van der Waals surface area contributed by atoms with E-state index in [9.17, 15) is 4.79 Å². The minimum Gasteiger partial charge on any atom is -0.444 e. The molecule has 0 saturated carbocycles. The highest BCUT2D eigenvalue weighted by atomic mass is 79.9. The van der Waals surface area contributed by atoms with Crippen molar-refractivity contribution in [2.24, 2.45) is 0 Å². The van der Waals surface area contributed by atoms with E-state index in [0.717, 1.165) is 12.2 Å². The lowest BCUT2D eigenvalue weighted by Crippen LogP contribution is -2.23. The van der Waals surface area contributed by atoms with E-state index in [2.05, 4.69) is 26.2 Å². The van der Waals surface area contributed by atoms with E-state index in [1.165, 1.54) is 0 Å². The number of aryl methyl sites for hydroxylation is 1. The number of aromatic nitrogens is 1. The Labute approximate surface area is 119 Å². The van der Waals surface area contributed by atoms with Crippen molar-refractivity contribution in [3.63, 3.8) is 0 Å². The number of nitrogens with one attached hydrogen (secondary N) is 1. The van der Waals surface area contributed by atoms with Gasteiger partial charge in [0.15, 0.2) is 0 Å². The minimum absolute atomic E-state index is 0.226. The molecule has 0 aliphatic carbocycles. The third-order valence-electron chi connectivity index (χ3n) is 2.59. The molecule has 0 atom stereocenters. The number of anilines is 1. The average molecular weight is 324 g/mol. The molecule has 6 heteroatoms. The molecule has 0 spiro atoms. The van der Waals surface area contributed by atoms with Gasteiger partial charge in [-0.05, 0) is 34.1 Å². The maximum Gasteiger partial charge on any atom is 0.252 e. The van der Waals surface area contributed by atoms with Crippen LogP contribution in [-0.4, -0.2) is 10.9 Å². The summed E-state index contributed by atoms with van der Waals surface area (Å²) >= 11 is 3.32. The Morgan fingerprint density at radius 3 is 3.00 bits per heavy atom. The molecule has 100 valence electrons. The first-order valence-corrected chi connectivity index (χ1v) is 6.66. The molecule has 2 aromatic rings. The van der Waals surface area contributed by atoms with Crippen molar-refractivity contribution in [1.82, 2.24) is 10.3 Å². The second-order valence-corrected chi connectivity index (χ2v) is 4.85. The molecule has 0 saturated heterocycles. The van der Waals surface area contributed by atoms with Crippen molar-refractivity contribution in [2.45, 2.75) is 19.9 Å². The van der Waals surface area contributed by atoms with E-state index in [-0.39, 0.29) is 12.5 Å². The monoisotopic (exact) mass is 323 g/mol. The Morgan fingerprint density at radius 2 is 2.32 bits per heavy atom. The van der Waals surface area contributed by atoms with Crippen molar-refractivity contribution >= 4 is 27.5 Å². The summed E-state index contributed by atoms with van der Waals surface area (Å²) < 4.78 is 6.11. The first kappa shape index (κ1) is 13.6. The fraction of sp³-hybridized carbons (Fsp3) is 0.231. The molecule has 1 heterocycles. The third-order valence-corrected chi connectivity index (χ3v) is 3.28. The molecule has 5 nitrogen and oxygen atoms in total. The van der Waals surface area contributed by atoms with Crippen LogP contribution in [0.1, 0.15) is 28.9 Å². The zero-order valence-corrected chi connectivity index (χ0v) is 12.0. The molecule has 0 radical (unpaired) electrons. The van der Waals surface area contributed by atoms with E-state index < -0.39 is 0 Å². The lowest BCUT2D eigenvalue weighted by Gasteiger charge is -2.06. The maximum absolute atomic E-state index is 12.0. The molecule has 0 bridgehead atoms. The first-order chi connectivity index (χ1) is 9.10. The van der Waals surface area contributed by atoms with Gasteiger partial charge >= 0.3 is 0 Å². The summed E-state index contributed by atoms with van der Waals surface area (Å²) in [7, 11) is 0. The average Bonchev–Trinajstić information content (AvgIpc) is 2.87. The first-order valence-electron chi connectivity index (χ1n) is 5.87. The van der Waals surface area contributed by atoms with E-state index in [1.807, 2.05) is 6.92 Å². The van der Waals surface area contributed by atoms with E-state index in [4.69, 9.17) is 10.2 Å². The van der Waals surface area contributed by atoms with Gasteiger partial charge in [-0.3, -0.25) is 4.79 Å². The predicted octanol–water partition coefficient (Wildman–Crippen LogP) is 2.51. The number of nitrogens with two attached hydrogens (primary N) is 1. The van der Waals surface area contributed by atoms with E-state index >= 15 is 0 Å². The summed E-state index contributed by atoms with van der Waals surface area (Å²) in [6.45, 7) is 2.23. The smallest absolute Gasteiger partial charge is 0.252 e. The van der Waals surface area contributed by atoms with Gasteiger partial charge in [0, 0.05) is 16.6 Å². The number of nitrogens with zero attached hydrogens (tertiary/aromatic N) is 1. The van der Waals surface area contributed by atoms with Crippen molar-refractivity contribution in [2.75, 3.05) is 5.73 Å². The molecule has 1 amide bonds. The van der Waals surface area contributed by atoms with Gasteiger partial charge in [-0.1, -0.05) is 6.92 Å². The summed E-state index contributed by atoms with van der Waals surface area (Å²) in [5, 5.41) is 2.74. The number of carbonyl (C=O) groups excluding carboxylic acids is 1. The Morgan fingerprint density at radius 1 is 1.53 bits per heavy atom. The van der Waals surface area contributed by atoms with Crippen molar-refractivity contribution in [1.29, 1.82) is 0 Å². The standard InChI is InChI=1S/C13H14BrN3O2/c1-2-9-6-16-12(19-9)7-17-13(18)10-5-8(15)3-4-11(10)14/h3-6H,2,7,15H2,1H3,(H,17,18). The normalized spacial score (nSPS) is 10.4. The fourth-order valence-electron chi connectivity index (χ4n) is 1.56. The number of oxazole rings is 1. The van der Waals surface area contributed by atoms with Crippen molar-refractivity contribution < 1.29 is 9.21 Å². The van der Waals surface area contributed by atoms with Crippen LogP contribution in [0, 0.1) is 0 Å². The van der Waals surface area contributed by atoms with Gasteiger partial charge in [-0.15, -0.1) is 0 Å². The topological polar surface area (TPSA) is 81.2 Å². The van der Waals surface area contributed by atoms with Gasteiger partial charge < -0.3 is 15.5 Å². The maximum atomic E-state index is 12.0. The van der Waals surface area contributed by atoms with Gasteiger partial charge in [-0.2, -0.15) is 0 Å². The van der Waals surface area contributed by atoms with Crippen LogP contribution in [0.2, 0.25) is 0 Å². The van der Waals surface area contributed by atoms with Crippen LogP contribution in [0.5, 0.6) is 0 Å². The summed E-state index contributed by atoms with van der Waals surface area (Å²) in [5.41, 5.74) is 6.69. The number of carbonyl (C=O) groups is 1. The second-order valence-electron chi connectivity index (χ2n) is 4.00. The quantitative estimate of drug-likeness (QED) is 0.847. The molecule has 19 heavy (non-hydrogen) atoms. The largest absolute Gasteiger partial charge is 0.444 e. The molecule has 0 aliphatic rings. The highest BCUT2D eigenvalue weighted by molar-refractivity contribution is 9.10. The van der Waals surface area contributed by atoms with Crippen LogP contribution < -0.4 is 11.1 Å². The molecular weight excluding hydrogens is 310 g/mol. The molecular formula is C13H14BrN3O2. The number of halogens is 1. The van der Waals surface area contributed by atoms with Crippen LogP contribution in [0.25, 0.3) is 0 Å². The zero-order valence-electron chi connectivity index (χ0n) is 10.4. The van der Waals surface area contributed by atoms with Gasteiger partial charge in [0.1, 0.15) is 5.76 Å². The Hall–Kier alpha value is -1.82. The number of hydrogen-bond acceptors (Lipinski definition) is 4. The second kappa shape index (κ2) is 5.88. The van der Waals surface area contributed by atoms with Gasteiger partial charge in [0.05, 0.1) is 18.3 Å². The highest BCUT2D eigenvalue weighted by Crippen LogP contribution is 2.19. The van der Waals surface area contributed by atoms with Gasteiger partial charge in [0.2, 0.25) is 5.89 Å². The highest BCUT2D eigenvalue weighted by Gasteiger charge is 2.11. The zero-order chi connectivity index (χ0) is 13.8. The van der Waals surface area contributed by atoms with Crippen LogP contribution in [-0.2, 0) is 13.0 Å². The Balaban J connectivity index is 2.03. The van der Waals surface area contributed by atoms with E-state index in [0.29, 0.717) is 21.6 Å². The van der Waals surface area contributed by atoms with Crippen LogP contribution in [0.4, 0.5) is 5.69 Å². The van der Waals surface area contributed by atoms with Crippen LogP contribution in [0.3, 0.4) is 0 Å². The summed E-state index contributed by atoms with van der Waals surface area (Å²) in [6, 6.07) is 5.08. The number of rotatable bonds is 4. The SMILES string of the molecule is CCc1cnc(CNC(=O)c2cc(N)ccc2Br)o1. The number of benzene rings is 1. The third kappa shape index (κ3) is 3.35. The lowest BCUT2D eigenvalue weighted by atomic mass is 10.2. The fourth-order valence-corrected chi connectivity index (χ4v) is 1.99. The number of amides is 1. The molecule has 1 aromatic heterocycles. The molecule has 0 aliphatic heterocycles. The lowest BCUT2D eigenvalue weighted by molar-refractivity contribution is 0.0946. The van der Waals surface area contributed by atoms with Crippen LogP contribution >= 0.6 is 15.9 Å². The van der Waals surface area contributed by atoms with Crippen molar-refractivity contribution in [3.05, 3.63) is 46.1 Å². The minimum atomic E-state index is -0.226. The Bertz CT molecular complexity index is 595. The summed E-state index contributed by atoms with van der Waals surface area (Å²) in [6.07, 6.45) is 2.44. The van der Waals surface area contributed by atoms with Gasteiger partial charge in [0.25, 0.3) is 5.91 Å². The Kier molecular flexibility index (Phi) is 4.21. The van der Waals surface area contributed by atoms with E-state index in [1.54, 1.807) is 24.4 Å². The summed E-state index contributed by atoms with van der Waals surface area (Å²) in [4.78, 5) is 16.1. The predicted molar refractivity (Wildman–Crippen MR) is 75.6 cm³/mol. The number of hydrogen-bond donors (Lipinski definition) is 2. The molecule has 0 unspecified atom stereocenters.